The number of carbonyl (C=O) groups excluding carboxylic acids is 2. The average molecular weight is 308 g/mol. The van der Waals surface area contributed by atoms with E-state index in [9.17, 15) is 9.59 Å². The molecule has 0 spiro atoms. The Kier molecular flexibility index (Phi) is 5.48. The van der Waals surface area contributed by atoms with Gasteiger partial charge in [-0.25, -0.2) is 0 Å². The minimum absolute atomic E-state index is 0.270. The van der Waals surface area contributed by atoms with Crippen molar-refractivity contribution in [3.63, 3.8) is 0 Å². The molecular formula is C18H16N2O3. The summed E-state index contributed by atoms with van der Waals surface area (Å²) in [5, 5.41) is 11.7. The zero-order valence-electron chi connectivity index (χ0n) is 12.7. The third-order valence-electron chi connectivity index (χ3n) is 3.16. The van der Waals surface area contributed by atoms with Crippen molar-refractivity contribution in [3.8, 4) is 6.07 Å². The van der Waals surface area contributed by atoms with Crippen molar-refractivity contribution in [3.05, 3.63) is 65.6 Å². The third kappa shape index (κ3) is 4.68. The summed E-state index contributed by atoms with van der Waals surface area (Å²) in [6.07, 6.45) is 2.64. The molecule has 5 nitrogen and oxygen atoms in total. The fourth-order valence-corrected chi connectivity index (χ4v) is 1.94. The molecule has 0 radical (unpaired) electrons. The first kappa shape index (κ1) is 16.2. The van der Waals surface area contributed by atoms with Crippen LogP contribution in [0.2, 0.25) is 0 Å². The van der Waals surface area contributed by atoms with Gasteiger partial charge in [-0.3, -0.25) is 9.59 Å². The first-order valence-electron chi connectivity index (χ1n) is 7.10. The maximum absolute atomic E-state index is 12.0. The fraction of sp³-hybridized carbons (Fsp3) is 0.167. The van der Waals surface area contributed by atoms with Crippen molar-refractivity contribution in [2.45, 2.75) is 13.5 Å². The van der Waals surface area contributed by atoms with Crippen LogP contribution in [0.15, 0.2) is 53.0 Å². The van der Waals surface area contributed by atoms with Crippen molar-refractivity contribution >= 4 is 17.8 Å². The number of amides is 1. The minimum Gasteiger partial charge on any atom is -0.462 e. The van der Waals surface area contributed by atoms with E-state index in [-0.39, 0.29) is 6.54 Å². The Morgan fingerprint density at radius 3 is 2.61 bits per heavy atom. The van der Waals surface area contributed by atoms with E-state index in [0.29, 0.717) is 5.76 Å². The Bertz CT molecular complexity index is 754. The zero-order valence-corrected chi connectivity index (χ0v) is 12.7. The number of ketones is 1. The van der Waals surface area contributed by atoms with E-state index in [0.717, 1.165) is 11.3 Å². The molecule has 2 aromatic rings. The number of rotatable bonds is 6. The van der Waals surface area contributed by atoms with Crippen LogP contribution in [0.4, 0.5) is 0 Å². The van der Waals surface area contributed by atoms with E-state index in [1.807, 2.05) is 30.3 Å². The van der Waals surface area contributed by atoms with E-state index in [2.05, 4.69) is 5.32 Å². The molecule has 0 saturated carbocycles. The molecule has 0 bridgehead atoms. The summed E-state index contributed by atoms with van der Waals surface area (Å²) in [7, 11) is 0. The molecule has 1 amide bonds. The van der Waals surface area contributed by atoms with Crippen LogP contribution >= 0.6 is 0 Å². The van der Waals surface area contributed by atoms with Crippen molar-refractivity contribution < 1.29 is 14.0 Å². The topological polar surface area (TPSA) is 83.1 Å². The second kappa shape index (κ2) is 7.76. The molecule has 0 fully saturated rings. The summed E-state index contributed by atoms with van der Waals surface area (Å²) in [6, 6.07) is 14.5. The number of nitrogens with one attached hydrogen (secondary N) is 1. The largest absolute Gasteiger partial charge is 0.462 e. The first-order chi connectivity index (χ1) is 11.1. The Labute approximate surface area is 134 Å². The normalized spacial score (nSPS) is 11.8. The van der Waals surface area contributed by atoms with Crippen LogP contribution in [0, 0.1) is 24.2 Å². The van der Waals surface area contributed by atoms with Gasteiger partial charge in [0.15, 0.2) is 11.7 Å². The lowest BCUT2D eigenvalue weighted by molar-refractivity contribution is -0.129. The summed E-state index contributed by atoms with van der Waals surface area (Å²) in [6.45, 7) is 2.06. The molecule has 0 aliphatic carbocycles. The predicted molar refractivity (Wildman–Crippen MR) is 84.9 cm³/mol. The number of furan rings is 1. The molecule has 1 N–H and O–H groups in total. The Hall–Kier alpha value is -3.13. The van der Waals surface area contributed by atoms with Gasteiger partial charge in [0.25, 0.3) is 0 Å². The highest BCUT2D eigenvalue weighted by Gasteiger charge is 2.24. The van der Waals surface area contributed by atoms with Crippen molar-refractivity contribution in [1.29, 1.82) is 5.26 Å². The number of nitriles is 1. The van der Waals surface area contributed by atoms with Gasteiger partial charge in [0.1, 0.15) is 11.5 Å². The molecule has 0 saturated heterocycles. The van der Waals surface area contributed by atoms with Gasteiger partial charge in [0.05, 0.1) is 6.07 Å². The van der Waals surface area contributed by atoms with E-state index in [1.54, 1.807) is 25.1 Å². The zero-order chi connectivity index (χ0) is 16.7. The number of hydrogen-bond donors (Lipinski definition) is 1. The summed E-state index contributed by atoms with van der Waals surface area (Å²) >= 11 is 0. The van der Waals surface area contributed by atoms with Gasteiger partial charge in [-0.15, -0.1) is 0 Å². The van der Waals surface area contributed by atoms with Crippen LogP contribution in [0.5, 0.6) is 0 Å². The Morgan fingerprint density at radius 1 is 1.26 bits per heavy atom. The standard InChI is InChI=1S/C18H16N2O3/c1-13-7-8-15(23-13)9-10-17(21)16(11-19)18(22)20-12-14-5-3-2-4-6-14/h2-10,16H,12H2,1H3,(H,20,22)/b10-9+. The van der Waals surface area contributed by atoms with Gasteiger partial charge in [-0.2, -0.15) is 5.26 Å². The fourth-order valence-electron chi connectivity index (χ4n) is 1.94. The molecule has 23 heavy (non-hydrogen) atoms. The lowest BCUT2D eigenvalue weighted by Gasteiger charge is -2.07. The molecular weight excluding hydrogens is 292 g/mol. The summed E-state index contributed by atoms with van der Waals surface area (Å²) in [5.41, 5.74) is 0.895. The van der Waals surface area contributed by atoms with Crippen molar-refractivity contribution in [1.82, 2.24) is 5.32 Å². The smallest absolute Gasteiger partial charge is 0.245 e. The minimum atomic E-state index is -1.37. The second-order valence-electron chi connectivity index (χ2n) is 4.95. The number of nitrogens with zero attached hydrogens (tertiary/aromatic N) is 1. The highest BCUT2D eigenvalue weighted by Crippen LogP contribution is 2.09. The number of aryl methyl sites for hydroxylation is 1. The van der Waals surface area contributed by atoms with Crippen LogP contribution in [-0.2, 0) is 16.1 Å². The summed E-state index contributed by atoms with van der Waals surface area (Å²) in [4.78, 5) is 24.0. The molecule has 1 heterocycles. The molecule has 1 atom stereocenters. The van der Waals surface area contributed by atoms with E-state index in [1.165, 1.54) is 12.2 Å². The SMILES string of the molecule is Cc1ccc(/C=C/C(=O)C(C#N)C(=O)NCc2ccccc2)o1. The van der Waals surface area contributed by atoms with Gasteiger partial charge in [0, 0.05) is 6.54 Å². The maximum atomic E-state index is 12.0. The van der Waals surface area contributed by atoms with Crippen molar-refractivity contribution in [2.24, 2.45) is 5.92 Å². The van der Waals surface area contributed by atoms with Crippen molar-refractivity contribution in [2.75, 3.05) is 0 Å². The predicted octanol–water partition coefficient (Wildman–Crippen LogP) is 2.63. The first-order valence-corrected chi connectivity index (χ1v) is 7.10. The van der Waals surface area contributed by atoms with Crippen LogP contribution in [-0.4, -0.2) is 11.7 Å². The monoisotopic (exact) mass is 308 g/mol. The van der Waals surface area contributed by atoms with Gasteiger partial charge in [-0.05, 0) is 36.8 Å². The van der Waals surface area contributed by atoms with E-state index >= 15 is 0 Å². The lowest BCUT2D eigenvalue weighted by atomic mass is 10.0. The second-order valence-corrected chi connectivity index (χ2v) is 4.95. The lowest BCUT2D eigenvalue weighted by Crippen LogP contribution is -2.33. The van der Waals surface area contributed by atoms with Crippen LogP contribution in [0.3, 0.4) is 0 Å². The van der Waals surface area contributed by atoms with Crippen LogP contribution in [0.25, 0.3) is 6.08 Å². The van der Waals surface area contributed by atoms with Gasteiger partial charge in [0.2, 0.25) is 5.91 Å². The highest BCUT2D eigenvalue weighted by molar-refractivity contribution is 6.10. The van der Waals surface area contributed by atoms with Crippen LogP contribution < -0.4 is 5.32 Å². The number of hydrogen-bond acceptors (Lipinski definition) is 4. The molecule has 2 rings (SSSR count). The number of allylic oxidation sites excluding steroid dienone is 1. The molecule has 1 aromatic carbocycles. The molecule has 1 aromatic heterocycles. The Morgan fingerprint density at radius 2 is 2.00 bits per heavy atom. The average Bonchev–Trinajstić information content (AvgIpc) is 2.98. The quantitative estimate of drug-likeness (QED) is 0.657. The molecule has 1 unspecified atom stereocenters. The molecule has 0 aliphatic heterocycles. The number of benzene rings is 1. The Balaban J connectivity index is 1.95. The highest BCUT2D eigenvalue weighted by atomic mass is 16.3. The third-order valence-corrected chi connectivity index (χ3v) is 3.16. The number of carbonyl (C=O) groups is 2. The molecule has 116 valence electrons. The summed E-state index contributed by atoms with van der Waals surface area (Å²) < 4.78 is 5.29. The molecule has 5 heteroatoms. The summed E-state index contributed by atoms with van der Waals surface area (Å²) in [5.74, 6) is -1.34. The van der Waals surface area contributed by atoms with E-state index in [4.69, 9.17) is 9.68 Å². The molecule has 0 aliphatic rings. The van der Waals surface area contributed by atoms with Gasteiger partial charge in [-0.1, -0.05) is 30.3 Å². The van der Waals surface area contributed by atoms with Gasteiger partial charge < -0.3 is 9.73 Å². The van der Waals surface area contributed by atoms with Crippen LogP contribution in [0.1, 0.15) is 17.1 Å². The maximum Gasteiger partial charge on any atom is 0.245 e. The van der Waals surface area contributed by atoms with E-state index < -0.39 is 17.6 Å². The van der Waals surface area contributed by atoms with Gasteiger partial charge >= 0.3 is 0 Å².